The number of methoxy groups -OCH3 is 1. The second-order valence-corrected chi connectivity index (χ2v) is 12.2. The maximum absolute atomic E-state index is 13.2. The molecule has 2 heterocycles. The average Bonchev–Trinajstić information content (AvgIpc) is 3.45. The van der Waals surface area contributed by atoms with Gasteiger partial charge in [-0.2, -0.15) is 13.2 Å². The Bertz CT molecular complexity index is 1610. The molecule has 1 aliphatic rings. The largest absolute Gasteiger partial charge is 0.546 e. The average molecular weight is 654 g/mol. The summed E-state index contributed by atoms with van der Waals surface area (Å²) >= 11 is 1.59. The van der Waals surface area contributed by atoms with Crippen LogP contribution >= 0.6 is 11.8 Å². The molecule has 1 saturated heterocycles. The van der Waals surface area contributed by atoms with Gasteiger partial charge in [-0.25, -0.2) is 0 Å². The van der Waals surface area contributed by atoms with Crippen molar-refractivity contribution in [2.75, 3.05) is 38.2 Å². The van der Waals surface area contributed by atoms with Crippen molar-refractivity contribution in [3.8, 4) is 22.8 Å². The van der Waals surface area contributed by atoms with Crippen LogP contribution in [-0.2, 0) is 23.3 Å². The van der Waals surface area contributed by atoms with E-state index in [0.29, 0.717) is 35.8 Å². The first kappa shape index (κ1) is 33.3. The Morgan fingerprint density at radius 2 is 1.70 bits per heavy atom. The Morgan fingerprint density at radius 3 is 2.28 bits per heavy atom. The zero-order valence-electron chi connectivity index (χ0n) is 25.9. The van der Waals surface area contributed by atoms with E-state index in [1.54, 1.807) is 31.9 Å². The number of nitrogens with zero attached hydrogens (tertiary/aromatic N) is 2. The number of rotatable bonds is 12. The van der Waals surface area contributed by atoms with Crippen LogP contribution in [0.5, 0.6) is 11.5 Å². The van der Waals surface area contributed by atoms with Crippen LogP contribution in [0.15, 0.2) is 82.1 Å². The number of aliphatic carboxylic acids is 1. The summed E-state index contributed by atoms with van der Waals surface area (Å²) in [6, 6.07) is 20.5. The first-order valence-electron chi connectivity index (χ1n) is 15.1. The SMILES string of the molecule is CCC(Oc1ccc(SCc2cc(-c3ccc(C(F)(F)F)cc3)oc2CN2CCN(c3ccc(OC)cc3)CC2)cc1C)C(=O)[O-]. The number of aryl methyl sites for hydroxylation is 1. The summed E-state index contributed by atoms with van der Waals surface area (Å²) in [5.74, 6) is 1.92. The minimum atomic E-state index is -4.41. The molecule has 1 unspecified atom stereocenters. The van der Waals surface area contributed by atoms with Crippen LogP contribution in [0.2, 0.25) is 0 Å². The summed E-state index contributed by atoms with van der Waals surface area (Å²) < 4.78 is 56.8. The van der Waals surface area contributed by atoms with Gasteiger partial charge in [0.2, 0.25) is 0 Å². The van der Waals surface area contributed by atoms with Crippen molar-refractivity contribution >= 4 is 23.4 Å². The Labute approximate surface area is 270 Å². The molecular weight excluding hydrogens is 617 g/mol. The smallest absolute Gasteiger partial charge is 0.416 e. The van der Waals surface area contributed by atoms with Gasteiger partial charge in [-0.05, 0) is 79.6 Å². The summed E-state index contributed by atoms with van der Waals surface area (Å²) in [7, 11) is 1.65. The van der Waals surface area contributed by atoms with E-state index in [-0.39, 0.29) is 0 Å². The molecule has 1 aliphatic heterocycles. The molecule has 11 heteroatoms. The Kier molecular flexibility index (Phi) is 10.5. The molecule has 0 amide bonds. The third-order valence-corrected chi connectivity index (χ3v) is 9.06. The molecule has 5 rings (SSSR count). The normalized spacial score (nSPS) is 14.7. The zero-order valence-corrected chi connectivity index (χ0v) is 26.7. The second-order valence-electron chi connectivity index (χ2n) is 11.1. The molecular formula is C35H36F3N2O5S-. The van der Waals surface area contributed by atoms with Gasteiger partial charge in [-0.3, -0.25) is 4.90 Å². The molecule has 0 saturated carbocycles. The highest BCUT2D eigenvalue weighted by molar-refractivity contribution is 7.98. The number of carboxylic acids is 1. The maximum atomic E-state index is 13.2. The number of thioether (sulfide) groups is 1. The highest BCUT2D eigenvalue weighted by Crippen LogP contribution is 2.35. The number of carbonyl (C=O) groups is 1. The third kappa shape index (κ3) is 8.19. The van der Waals surface area contributed by atoms with Crippen molar-refractivity contribution in [3.63, 3.8) is 0 Å². The van der Waals surface area contributed by atoms with Crippen molar-refractivity contribution in [1.82, 2.24) is 4.90 Å². The number of hydrogen-bond acceptors (Lipinski definition) is 8. The van der Waals surface area contributed by atoms with E-state index in [2.05, 4.69) is 21.9 Å². The highest BCUT2D eigenvalue weighted by Gasteiger charge is 2.30. The number of carboxylic acid groups (broad SMARTS) is 1. The van der Waals surface area contributed by atoms with E-state index in [0.717, 1.165) is 71.5 Å². The van der Waals surface area contributed by atoms with E-state index in [1.807, 2.05) is 37.3 Å². The van der Waals surface area contributed by atoms with E-state index in [4.69, 9.17) is 13.9 Å². The molecule has 244 valence electrons. The van der Waals surface area contributed by atoms with Gasteiger partial charge >= 0.3 is 6.18 Å². The molecule has 4 aromatic rings. The minimum Gasteiger partial charge on any atom is -0.546 e. The fraction of sp³-hybridized carbons (Fsp3) is 0.343. The number of benzene rings is 3. The van der Waals surface area contributed by atoms with Crippen molar-refractivity contribution in [2.24, 2.45) is 0 Å². The number of carbonyl (C=O) groups excluding carboxylic acids is 1. The van der Waals surface area contributed by atoms with Crippen LogP contribution in [0, 0.1) is 6.92 Å². The number of alkyl halides is 3. The molecule has 0 aliphatic carbocycles. The molecule has 46 heavy (non-hydrogen) atoms. The standard InChI is InChI=1S/C35H37F3N2O5S/c1-4-30(34(41)42)44-31-14-13-29(19-23(31)2)46-22-25-20-32(24-5-7-26(8-6-24)35(36,37)38)45-33(25)21-39-15-17-40(18-16-39)27-9-11-28(43-3)12-10-27/h5-14,19-20,30H,4,15-18,21-22H2,1-3H3,(H,41,42)/p-1. The molecule has 1 atom stereocenters. The Hall–Kier alpha value is -4.09. The van der Waals surface area contributed by atoms with Crippen LogP contribution < -0.4 is 19.5 Å². The van der Waals surface area contributed by atoms with E-state index in [1.165, 1.54) is 12.1 Å². The molecule has 1 fully saturated rings. The van der Waals surface area contributed by atoms with Gasteiger partial charge in [0.25, 0.3) is 0 Å². The Morgan fingerprint density at radius 1 is 1.00 bits per heavy atom. The number of anilines is 1. The fourth-order valence-electron chi connectivity index (χ4n) is 5.30. The van der Waals surface area contributed by atoms with Crippen molar-refractivity contribution < 1.29 is 37.0 Å². The summed E-state index contributed by atoms with van der Waals surface area (Å²) in [6.07, 6.45) is -5.14. The lowest BCUT2D eigenvalue weighted by atomic mass is 10.1. The van der Waals surface area contributed by atoms with Crippen LogP contribution in [0.1, 0.15) is 35.8 Å². The van der Waals surface area contributed by atoms with E-state index < -0.39 is 23.8 Å². The first-order chi connectivity index (χ1) is 22.0. The lowest BCUT2D eigenvalue weighted by Crippen LogP contribution is -2.46. The molecule has 7 nitrogen and oxygen atoms in total. The maximum Gasteiger partial charge on any atom is 0.416 e. The lowest BCUT2D eigenvalue weighted by molar-refractivity contribution is -0.313. The molecule has 3 aromatic carbocycles. The van der Waals surface area contributed by atoms with Gasteiger partial charge < -0.3 is 28.7 Å². The van der Waals surface area contributed by atoms with Crippen molar-refractivity contribution in [1.29, 1.82) is 0 Å². The van der Waals surface area contributed by atoms with Gasteiger partial charge in [0, 0.05) is 53.6 Å². The predicted molar refractivity (Wildman–Crippen MR) is 170 cm³/mol. The van der Waals surface area contributed by atoms with Gasteiger partial charge in [0.15, 0.2) is 0 Å². The Balaban J connectivity index is 1.31. The van der Waals surface area contributed by atoms with Crippen LogP contribution in [0.25, 0.3) is 11.3 Å². The zero-order chi connectivity index (χ0) is 32.8. The number of hydrogen-bond donors (Lipinski definition) is 0. The molecule has 0 N–H and O–H groups in total. The van der Waals surface area contributed by atoms with E-state index in [9.17, 15) is 23.1 Å². The topological polar surface area (TPSA) is 78.2 Å². The second kappa shape index (κ2) is 14.6. The minimum absolute atomic E-state index is 0.291. The first-order valence-corrected chi connectivity index (χ1v) is 16.0. The van der Waals surface area contributed by atoms with Gasteiger partial charge in [-0.1, -0.05) is 19.1 Å². The lowest BCUT2D eigenvalue weighted by Gasteiger charge is -2.35. The van der Waals surface area contributed by atoms with Gasteiger partial charge in [-0.15, -0.1) is 11.8 Å². The van der Waals surface area contributed by atoms with Gasteiger partial charge in [0.05, 0.1) is 25.2 Å². The third-order valence-electron chi connectivity index (χ3n) is 8.01. The number of halogens is 3. The molecule has 0 bridgehead atoms. The van der Waals surface area contributed by atoms with Crippen molar-refractivity contribution in [2.45, 2.75) is 49.7 Å². The van der Waals surface area contributed by atoms with Crippen LogP contribution in [0.4, 0.5) is 18.9 Å². The highest BCUT2D eigenvalue weighted by atomic mass is 32.2. The molecule has 1 aromatic heterocycles. The summed E-state index contributed by atoms with van der Waals surface area (Å²) in [6.45, 7) is 7.48. The predicted octanol–water partition coefficient (Wildman–Crippen LogP) is 6.80. The number of ether oxygens (including phenoxy) is 2. The van der Waals surface area contributed by atoms with Gasteiger partial charge in [0.1, 0.15) is 29.1 Å². The number of piperazine rings is 1. The number of furan rings is 1. The van der Waals surface area contributed by atoms with Crippen molar-refractivity contribution in [3.05, 3.63) is 95.2 Å². The quantitative estimate of drug-likeness (QED) is 0.155. The summed E-state index contributed by atoms with van der Waals surface area (Å²) in [5.41, 5.74) is 2.76. The summed E-state index contributed by atoms with van der Waals surface area (Å²) in [5, 5.41) is 11.3. The van der Waals surface area contributed by atoms with Crippen LogP contribution in [0.3, 0.4) is 0 Å². The molecule has 0 spiro atoms. The monoisotopic (exact) mass is 653 g/mol. The fourth-order valence-corrected chi connectivity index (χ4v) is 6.30. The van der Waals surface area contributed by atoms with Crippen LogP contribution in [-0.4, -0.2) is 50.3 Å². The molecule has 0 radical (unpaired) electrons. The van der Waals surface area contributed by atoms with E-state index >= 15 is 0 Å². The summed E-state index contributed by atoms with van der Waals surface area (Å²) in [4.78, 5) is 16.9.